The fourth-order valence-corrected chi connectivity index (χ4v) is 3.95. The van der Waals surface area contributed by atoms with Gasteiger partial charge < -0.3 is 29.7 Å². The summed E-state index contributed by atoms with van der Waals surface area (Å²) < 4.78 is 16.1. The molecule has 1 aliphatic carbocycles. The number of guanidine groups is 1. The first-order valence-electron chi connectivity index (χ1n) is 10.9. The van der Waals surface area contributed by atoms with Crippen LogP contribution in [0.15, 0.2) is 23.2 Å². The summed E-state index contributed by atoms with van der Waals surface area (Å²) in [5.74, 6) is 2.06. The predicted octanol–water partition coefficient (Wildman–Crippen LogP) is 2.79. The van der Waals surface area contributed by atoms with E-state index in [2.05, 4.69) is 27.8 Å². The van der Waals surface area contributed by atoms with E-state index in [1.54, 1.807) is 40.3 Å². The van der Waals surface area contributed by atoms with Gasteiger partial charge in [0.2, 0.25) is 5.91 Å². The van der Waals surface area contributed by atoms with Crippen molar-refractivity contribution in [1.29, 1.82) is 0 Å². The van der Waals surface area contributed by atoms with Gasteiger partial charge in [0.1, 0.15) is 6.54 Å². The van der Waals surface area contributed by atoms with E-state index in [0.29, 0.717) is 19.1 Å². The molecule has 8 nitrogen and oxygen atoms in total. The molecule has 2 rings (SSSR count). The fourth-order valence-electron chi connectivity index (χ4n) is 3.95. The van der Waals surface area contributed by atoms with Crippen molar-refractivity contribution in [2.75, 3.05) is 61.7 Å². The Bertz CT molecular complexity index is 737. The first-order valence-corrected chi connectivity index (χ1v) is 10.9. The van der Waals surface area contributed by atoms with Crippen molar-refractivity contribution in [2.24, 2.45) is 4.99 Å². The summed E-state index contributed by atoms with van der Waals surface area (Å²) in [6, 6.07) is 6.21. The third-order valence-corrected chi connectivity index (χ3v) is 5.87. The van der Waals surface area contributed by atoms with Crippen molar-refractivity contribution in [3.05, 3.63) is 23.8 Å². The van der Waals surface area contributed by atoms with Crippen molar-refractivity contribution in [2.45, 2.75) is 37.5 Å². The monoisotopic (exact) mass is 562 g/mol. The Morgan fingerprint density at radius 3 is 2.34 bits per heavy atom. The summed E-state index contributed by atoms with van der Waals surface area (Å²) in [6.07, 6.45) is 5.77. The zero-order valence-electron chi connectivity index (χ0n) is 20.0. The summed E-state index contributed by atoms with van der Waals surface area (Å²) >= 11 is 0. The van der Waals surface area contributed by atoms with Crippen LogP contribution in [-0.4, -0.2) is 78.4 Å². The van der Waals surface area contributed by atoms with Crippen LogP contribution in [0, 0.1) is 0 Å². The summed E-state index contributed by atoms with van der Waals surface area (Å²) in [4.78, 5) is 18.0. The molecule has 0 aromatic heterocycles. The lowest BCUT2D eigenvalue weighted by molar-refractivity contribution is -0.127. The summed E-state index contributed by atoms with van der Waals surface area (Å²) in [7, 11) is 8.45. The van der Waals surface area contributed by atoms with E-state index in [9.17, 15) is 4.79 Å². The number of carbonyl (C=O) groups is 1. The Hall–Kier alpha value is -1.75. The number of hydrogen-bond acceptors (Lipinski definition) is 5. The maximum atomic E-state index is 12.0. The van der Waals surface area contributed by atoms with Gasteiger partial charge in [0, 0.05) is 39.7 Å². The number of rotatable bonds is 10. The van der Waals surface area contributed by atoms with Gasteiger partial charge in [0.15, 0.2) is 17.5 Å². The minimum Gasteiger partial charge on any atom is -0.493 e. The standard InChI is InChI=1S/C23H38N4O4.HI/c1-27(2)21(28)16-25-22(24-13-14-29-3)26-17-23(11-7-6-8-12-23)18-9-10-19(30-4)20(15-18)31-5;/h9-10,15H,6-8,11-14,16-17H2,1-5H3,(H2,24,25,26);1H. The Morgan fingerprint density at radius 1 is 1.06 bits per heavy atom. The highest BCUT2D eigenvalue weighted by Crippen LogP contribution is 2.42. The smallest absolute Gasteiger partial charge is 0.243 e. The first-order chi connectivity index (χ1) is 15.0. The second-order valence-electron chi connectivity index (χ2n) is 8.14. The zero-order valence-corrected chi connectivity index (χ0v) is 22.4. The molecule has 182 valence electrons. The van der Waals surface area contributed by atoms with Crippen LogP contribution in [0.2, 0.25) is 0 Å². The number of benzene rings is 1. The fraction of sp³-hybridized carbons (Fsp3) is 0.652. The molecule has 1 fully saturated rings. The van der Waals surface area contributed by atoms with Gasteiger partial charge in [-0.25, -0.2) is 4.99 Å². The molecular weight excluding hydrogens is 523 g/mol. The molecule has 0 unspecified atom stereocenters. The molecule has 1 saturated carbocycles. The summed E-state index contributed by atoms with van der Waals surface area (Å²) in [6.45, 7) is 1.99. The lowest BCUT2D eigenvalue weighted by Gasteiger charge is -2.38. The van der Waals surface area contributed by atoms with Gasteiger partial charge in [-0.15, -0.1) is 24.0 Å². The molecule has 1 aromatic rings. The van der Waals surface area contributed by atoms with Crippen molar-refractivity contribution in [1.82, 2.24) is 15.5 Å². The van der Waals surface area contributed by atoms with E-state index in [1.165, 1.54) is 24.8 Å². The van der Waals surface area contributed by atoms with Crippen molar-refractivity contribution >= 4 is 35.8 Å². The molecule has 1 aliphatic rings. The first kappa shape index (κ1) is 28.3. The molecule has 2 N–H and O–H groups in total. The number of aliphatic imine (C=N–C) groups is 1. The molecule has 1 aromatic carbocycles. The number of methoxy groups -OCH3 is 3. The molecule has 0 radical (unpaired) electrons. The molecule has 0 spiro atoms. The number of ether oxygens (including phenoxy) is 3. The molecule has 0 bridgehead atoms. The van der Waals surface area contributed by atoms with Crippen LogP contribution < -0.4 is 20.1 Å². The van der Waals surface area contributed by atoms with Gasteiger partial charge in [-0.1, -0.05) is 25.3 Å². The summed E-state index contributed by atoms with van der Waals surface area (Å²) in [5, 5.41) is 6.75. The maximum Gasteiger partial charge on any atom is 0.243 e. The van der Waals surface area contributed by atoms with Crippen LogP contribution in [0.5, 0.6) is 11.5 Å². The van der Waals surface area contributed by atoms with Gasteiger partial charge in [-0.3, -0.25) is 4.79 Å². The van der Waals surface area contributed by atoms with E-state index in [0.717, 1.165) is 30.9 Å². The Labute approximate surface area is 209 Å². The molecule has 1 amide bonds. The number of hydrogen-bond donors (Lipinski definition) is 2. The number of amides is 1. The average molecular weight is 562 g/mol. The Kier molecular flexibility index (Phi) is 12.7. The van der Waals surface area contributed by atoms with E-state index < -0.39 is 0 Å². The highest BCUT2D eigenvalue weighted by atomic mass is 127. The maximum absolute atomic E-state index is 12.0. The molecule has 0 saturated heterocycles. The summed E-state index contributed by atoms with van der Waals surface area (Å²) in [5.41, 5.74) is 1.20. The van der Waals surface area contributed by atoms with Gasteiger partial charge >= 0.3 is 0 Å². The van der Waals surface area contributed by atoms with Crippen LogP contribution in [0.3, 0.4) is 0 Å². The third kappa shape index (κ3) is 7.99. The van der Waals surface area contributed by atoms with Crippen molar-refractivity contribution < 1.29 is 19.0 Å². The largest absolute Gasteiger partial charge is 0.493 e. The van der Waals surface area contributed by atoms with Crippen LogP contribution in [-0.2, 0) is 14.9 Å². The Morgan fingerprint density at radius 2 is 1.75 bits per heavy atom. The molecule has 0 heterocycles. The van der Waals surface area contributed by atoms with Gasteiger partial charge in [-0.05, 0) is 30.5 Å². The second-order valence-corrected chi connectivity index (χ2v) is 8.14. The SMILES string of the molecule is COCCNC(=NCC(=O)N(C)C)NCC1(c2ccc(OC)c(OC)c2)CCCCC1.I. The minimum absolute atomic E-state index is 0. The molecule has 9 heteroatoms. The van der Waals surface area contributed by atoms with Crippen LogP contribution in [0.4, 0.5) is 0 Å². The highest BCUT2D eigenvalue weighted by Gasteiger charge is 2.34. The lowest BCUT2D eigenvalue weighted by atomic mass is 9.69. The average Bonchev–Trinajstić information content (AvgIpc) is 2.80. The topological polar surface area (TPSA) is 84.4 Å². The van der Waals surface area contributed by atoms with E-state index >= 15 is 0 Å². The number of likely N-dealkylation sites (N-methyl/N-ethyl adjacent to an activating group) is 1. The van der Waals surface area contributed by atoms with E-state index in [1.807, 2.05) is 6.07 Å². The Balaban J connectivity index is 0.00000512. The number of halogens is 1. The minimum atomic E-state index is -0.0416. The van der Waals surface area contributed by atoms with Crippen LogP contribution in [0.25, 0.3) is 0 Å². The lowest BCUT2D eigenvalue weighted by Crippen LogP contribution is -2.47. The van der Waals surface area contributed by atoms with Gasteiger partial charge in [0.05, 0.1) is 20.8 Å². The van der Waals surface area contributed by atoms with Crippen molar-refractivity contribution in [3.63, 3.8) is 0 Å². The molecular formula is C23H39IN4O4. The van der Waals surface area contributed by atoms with Gasteiger partial charge in [0.25, 0.3) is 0 Å². The number of carbonyl (C=O) groups excluding carboxylic acids is 1. The van der Waals surface area contributed by atoms with Crippen LogP contribution >= 0.6 is 24.0 Å². The number of nitrogens with zero attached hydrogens (tertiary/aromatic N) is 2. The van der Waals surface area contributed by atoms with E-state index in [-0.39, 0.29) is 41.8 Å². The third-order valence-electron chi connectivity index (χ3n) is 5.87. The molecule has 32 heavy (non-hydrogen) atoms. The van der Waals surface area contributed by atoms with Gasteiger partial charge in [-0.2, -0.15) is 0 Å². The quantitative estimate of drug-likeness (QED) is 0.198. The zero-order chi connectivity index (χ0) is 22.7. The molecule has 0 aliphatic heterocycles. The predicted molar refractivity (Wildman–Crippen MR) is 139 cm³/mol. The van der Waals surface area contributed by atoms with Crippen LogP contribution in [0.1, 0.15) is 37.7 Å². The molecule has 0 atom stereocenters. The normalized spacial score (nSPS) is 15.3. The van der Waals surface area contributed by atoms with Crippen molar-refractivity contribution in [3.8, 4) is 11.5 Å². The second kappa shape index (κ2) is 14.4. The van der Waals surface area contributed by atoms with E-state index in [4.69, 9.17) is 14.2 Å². The number of nitrogens with one attached hydrogen (secondary N) is 2. The highest BCUT2D eigenvalue weighted by molar-refractivity contribution is 14.0.